The van der Waals surface area contributed by atoms with Gasteiger partial charge in [-0.3, -0.25) is 4.79 Å². The van der Waals surface area contributed by atoms with Crippen molar-refractivity contribution >= 4 is 23.2 Å². The molecule has 0 aliphatic rings. The molecule has 7 nitrogen and oxygen atoms in total. The molecule has 2 heterocycles. The Labute approximate surface area is 170 Å². The molecule has 0 aliphatic heterocycles. The van der Waals surface area contributed by atoms with Crippen molar-refractivity contribution in [1.29, 1.82) is 0 Å². The standard InChI is InChI=1S/C20H29N3O4S/c1-5-7-9-21-18(24)15-12-17(23(14(15)3)10-8-11-26-4)16-13-28-19(22-16)20(25)27-6-2/h12-13H,5-11H2,1-4H3,(H,21,24). The highest BCUT2D eigenvalue weighted by Crippen LogP contribution is 2.28. The molecule has 0 atom stereocenters. The van der Waals surface area contributed by atoms with Crippen molar-refractivity contribution < 1.29 is 19.1 Å². The SMILES string of the molecule is CCCCNC(=O)c1cc(-c2csc(C(=O)OCC)n2)n(CCCOC)c1C. The van der Waals surface area contributed by atoms with E-state index in [4.69, 9.17) is 9.47 Å². The number of rotatable bonds is 11. The summed E-state index contributed by atoms with van der Waals surface area (Å²) in [6.45, 7) is 8.07. The lowest BCUT2D eigenvalue weighted by atomic mass is 10.2. The first-order valence-corrected chi connectivity index (χ1v) is 10.5. The van der Waals surface area contributed by atoms with Gasteiger partial charge in [0, 0.05) is 37.9 Å². The number of carbonyl (C=O) groups excluding carboxylic acids is 2. The van der Waals surface area contributed by atoms with Crippen LogP contribution in [0, 0.1) is 6.92 Å². The first-order valence-electron chi connectivity index (χ1n) is 9.63. The van der Waals surface area contributed by atoms with Crippen LogP contribution in [0.4, 0.5) is 0 Å². The van der Waals surface area contributed by atoms with Crippen LogP contribution < -0.4 is 5.32 Å². The minimum atomic E-state index is -0.425. The number of nitrogens with one attached hydrogen (secondary N) is 1. The highest BCUT2D eigenvalue weighted by Gasteiger charge is 2.21. The number of unbranched alkanes of at least 4 members (excludes halogenated alkanes) is 1. The normalized spacial score (nSPS) is 10.9. The number of methoxy groups -OCH3 is 1. The van der Waals surface area contributed by atoms with Crippen molar-refractivity contribution in [2.75, 3.05) is 26.9 Å². The molecule has 2 aromatic rings. The molecule has 0 radical (unpaired) electrons. The monoisotopic (exact) mass is 407 g/mol. The average Bonchev–Trinajstić information content (AvgIpc) is 3.28. The molecule has 8 heteroatoms. The fourth-order valence-corrected chi connectivity index (χ4v) is 3.60. The van der Waals surface area contributed by atoms with Gasteiger partial charge >= 0.3 is 5.97 Å². The van der Waals surface area contributed by atoms with Gasteiger partial charge < -0.3 is 19.4 Å². The summed E-state index contributed by atoms with van der Waals surface area (Å²) in [6.07, 6.45) is 2.78. The number of carbonyl (C=O) groups is 2. The molecule has 0 unspecified atom stereocenters. The van der Waals surface area contributed by atoms with Gasteiger partial charge in [-0.1, -0.05) is 13.3 Å². The molecule has 0 bridgehead atoms. The Morgan fingerprint density at radius 3 is 2.75 bits per heavy atom. The van der Waals surface area contributed by atoms with Crippen LogP contribution in [0.2, 0.25) is 0 Å². The zero-order valence-electron chi connectivity index (χ0n) is 17.0. The molecule has 28 heavy (non-hydrogen) atoms. The van der Waals surface area contributed by atoms with Gasteiger partial charge in [-0.25, -0.2) is 9.78 Å². The lowest BCUT2D eigenvalue weighted by Gasteiger charge is -2.11. The van der Waals surface area contributed by atoms with Gasteiger partial charge in [0.25, 0.3) is 5.91 Å². The molecule has 0 saturated carbocycles. The predicted octanol–water partition coefficient (Wildman–Crippen LogP) is 3.66. The molecule has 1 amide bonds. The van der Waals surface area contributed by atoms with Crippen LogP contribution in [0.5, 0.6) is 0 Å². The van der Waals surface area contributed by atoms with Crippen LogP contribution in [0.3, 0.4) is 0 Å². The van der Waals surface area contributed by atoms with Gasteiger partial charge in [0.1, 0.15) is 0 Å². The number of hydrogen-bond donors (Lipinski definition) is 1. The third-order valence-corrected chi connectivity index (χ3v) is 5.20. The third kappa shape index (κ3) is 5.42. The van der Waals surface area contributed by atoms with E-state index in [-0.39, 0.29) is 5.91 Å². The maximum absolute atomic E-state index is 12.6. The summed E-state index contributed by atoms with van der Waals surface area (Å²) >= 11 is 1.25. The van der Waals surface area contributed by atoms with Gasteiger partial charge in [-0.15, -0.1) is 11.3 Å². The molecule has 0 aliphatic carbocycles. The largest absolute Gasteiger partial charge is 0.461 e. The Balaban J connectivity index is 2.34. The fourth-order valence-electron chi connectivity index (χ4n) is 2.89. The molecule has 0 spiro atoms. The summed E-state index contributed by atoms with van der Waals surface area (Å²) < 4.78 is 12.3. The second-order valence-electron chi connectivity index (χ2n) is 6.39. The Morgan fingerprint density at radius 1 is 1.29 bits per heavy atom. The summed E-state index contributed by atoms with van der Waals surface area (Å²) in [5.41, 5.74) is 3.00. The van der Waals surface area contributed by atoms with E-state index in [0.29, 0.717) is 42.6 Å². The quantitative estimate of drug-likeness (QED) is 0.454. The first-order chi connectivity index (χ1) is 13.5. The van der Waals surface area contributed by atoms with Gasteiger partial charge in [0.05, 0.1) is 23.6 Å². The van der Waals surface area contributed by atoms with E-state index >= 15 is 0 Å². The van der Waals surface area contributed by atoms with Crippen LogP contribution in [0.1, 0.15) is 59.0 Å². The minimum absolute atomic E-state index is 0.0847. The summed E-state index contributed by atoms with van der Waals surface area (Å²) in [7, 11) is 1.67. The minimum Gasteiger partial charge on any atom is -0.461 e. The van der Waals surface area contributed by atoms with Crippen molar-refractivity contribution in [2.45, 2.75) is 46.6 Å². The molecule has 0 aromatic carbocycles. The van der Waals surface area contributed by atoms with Crippen molar-refractivity contribution in [1.82, 2.24) is 14.9 Å². The van der Waals surface area contributed by atoms with Crippen molar-refractivity contribution in [2.24, 2.45) is 0 Å². The van der Waals surface area contributed by atoms with Crippen LogP contribution in [-0.4, -0.2) is 48.3 Å². The highest BCUT2D eigenvalue weighted by molar-refractivity contribution is 7.11. The van der Waals surface area contributed by atoms with E-state index in [0.717, 1.165) is 30.7 Å². The van der Waals surface area contributed by atoms with Crippen molar-refractivity contribution in [3.63, 3.8) is 0 Å². The smallest absolute Gasteiger partial charge is 0.367 e. The second-order valence-corrected chi connectivity index (χ2v) is 7.25. The maximum Gasteiger partial charge on any atom is 0.367 e. The number of aromatic nitrogens is 2. The Morgan fingerprint density at radius 2 is 2.07 bits per heavy atom. The number of esters is 1. The van der Waals surface area contributed by atoms with Crippen LogP contribution in [0.15, 0.2) is 11.4 Å². The maximum atomic E-state index is 12.6. The fraction of sp³-hybridized carbons (Fsp3) is 0.550. The van der Waals surface area contributed by atoms with Crippen LogP contribution >= 0.6 is 11.3 Å². The lowest BCUT2D eigenvalue weighted by molar-refractivity contribution is 0.0526. The van der Waals surface area contributed by atoms with E-state index in [1.54, 1.807) is 14.0 Å². The van der Waals surface area contributed by atoms with E-state index < -0.39 is 5.97 Å². The van der Waals surface area contributed by atoms with Gasteiger partial charge in [0.2, 0.25) is 5.01 Å². The van der Waals surface area contributed by atoms with E-state index in [1.165, 1.54) is 11.3 Å². The molecule has 0 fully saturated rings. The van der Waals surface area contributed by atoms with Crippen molar-refractivity contribution in [3.8, 4) is 11.4 Å². The number of amides is 1. The van der Waals surface area contributed by atoms with Gasteiger partial charge in [0.15, 0.2) is 0 Å². The zero-order chi connectivity index (χ0) is 20.5. The van der Waals surface area contributed by atoms with Gasteiger partial charge in [-0.2, -0.15) is 0 Å². The Kier molecular flexibility index (Phi) is 8.66. The Bertz CT molecular complexity index is 797. The highest BCUT2D eigenvalue weighted by atomic mass is 32.1. The Hall–Kier alpha value is -2.19. The van der Waals surface area contributed by atoms with Crippen LogP contribution in [0.25, 0.3) is 11.4 Å². The molecule has 2 aromatic heterocycles. The summed E-state index contributed by atoms with van der Waals surface area (Å²) in [5.74, 6) is -0.510. The summed E-state index contributed by atoms with van der Waals surface area (Å²) in [6, 6.07) is 1.85. The third-order valence-electron chi connectivity index (χ3n) is 4.37. The number of ether oxygens (including phenoxy) is 2. The molecular weight excluding hydrogens is 378 g/mol. The van der Waals surface area contributed by atoms with Crippen molar-refractivity contribution in [3.05, 3.63) is 27.7 Å². The molecule has 1 N–H and O–H groups in total. The summed E-state index contributed by atoms with van der Waals surface area (Å²) in [5, 5.41) is 5.11. The van der Waals surface area contributed by atoms with Gasteiger partial charge in [-0.05, 0) is 32.8 Å². The van der Waals surface area contributed by atoms with E-state index in [1.807, 2.05) is 18.4 Å². The molecule has 0 saturated heterocycles. The predicted molar refractivity (Wildman–Crippen MR) is 110 cm³/mol. The number of nitrogens with zero attached hydrogens (tertiary/aromatic N) is 2. The lowest BCUT2D eigenvalue weighted by Crippen LogP contribution is -2.24. The van der Waals surface area contributed by atoms with E-state index in [2.05, 4.69) is 21.8 Å². The number of thiazole rings is 1. The average molecular weight is 408 g/mol. The first kappa shape index (κ1) is 22.1. The second kappa shape index (κ2) is 11.0. The number of hydrogen-bond acceptors (Lipinski definition) is 6. The van der Waals surface area contributed by atoms with Crippen LogP contribution in [-0.2, 0) is 16.0 Å². The van der Waals surface area contributed by atoms with E-state index in [9.17, 15) is 9.59 Å². The zero-order valence-corrected chi connectivity index (χ0v) is 17.9. The molecule has 2 rings (SSSR count). The molecule has 154 valence electrons. The topological polar surface area (TPSA) is 82.5 Å². The summed E-state index contributed by atoms with van der Waals surface area (Å²) in [4.78, 5) is 29.0. The molecular formula is C20H29N3O4S.